The average Bonchev–Trinajstić information content (AvgIpc) is 2.41. The average molecular weight is 266 g/mol. The fourth-order valence-electron chi connectivity index (χ4n) is 3.98. The predicted octanol–water partition coefficient (Wildman–Crippen LogP) is 3.52. The van der Waals surface area contributed by atoms with E-state index < -0.39 is 0 Å². The zero-order valence-corrected chi connectivity index (χ0v) is 13.3. The lowest BCUT2D eigenvalue weighted by molar-refractivity contribution is 0.134. The molecule has 1 saturated carbocycles. The number of nitrogens with zero attached hydrogens (tertiary/aromatic N) is 1. The van der Waals surface area contributed by atoms with Crippen LogP contribution in [0.1, 0.15) is 59.3 Å². The molecule has 1 heterocycles. The Bertz CT molecular complexity index is 246. The van der Waals surface area contributed by atoms with Gasteiger partial charge >= 0.3 is 0 Å². The molecule has 1 N–H and O–H groups in total. The Labute approximate surface area is 120 Å². The molecule has 2 rings (SSSR count). The molecule has 2 fully saturated rings. The van der Waals surface area contributed by atoms with Crippen molar-refractivity contribution in [3.63, 3.8) is 0 Å². The van der Waals surface area contributed by atoms with E-state index in [0.717, 1.165) is 30.3 Å². The minimum Gasteiger partial charge on any atom is -0.314 e. The van der Waals surface area contributed by atoms with Gasteiger partial charge in [-0.2, -0.15) is 0 Å². The molecule has 1 aliphatic heterocycles. The topological polar surface area (TPSA) is 15.3 Å². The van der Waals surface area contributed by atoms with Crippen LogP contribution in [0.3, 0.4) is 0 Å². The molecule has 2 atom stereocenters. The second-order valence-electron chi connectivity index (χ2n) is 7.15. The van der Waals surface area contributed by atoms with Crippen molar-refractivity contribution in [2.24, 2.45) is 17.8 Å². The molecule has 0 bridgehead atoms. The molecule has 0 spiro atoms. The Morgan fingerprint density at radius 3 is 2.42 bits per heavy atom. The van der Waals surface area contributed by atoms with Gasteiger partial charge in [-0.25, -0.2) is 0 Å². The Morgan fingerprint density at radius 2 is 1.79 bits per heavy atom. The van der Waals surface area contributed by atoms with Crippen molar-refractivity contribution in [2.75, 3.05) is 26.2 Å². The van der Waals surface area contributed by atoms with Crippen LogP contribution in [0.4, 0.5) is 0 Å². The summed E-state index contributed by atoms with van der Waals surface area (Å²) in [6.45, 7) is 12.2. The monoisotopic (exact) mass is 266 g/mol. The third kappa shape index (κ3) is 4.75. The van der Waals surface area contributed by atoms with Crippen LogP contribution in [0, 0.1) is 17.8 Å². The molecule has 2 heteroatoms. The van der Waals surface area contributed by atoms with Crippen LogP contribution >= 0.6 is 0 Å². The summed E-state index contributed by atoms with van der Waals surface area (Å²) in [5, 5.41) is 3.64. The summed E-state index contributed by atoms with van der Waals surface area (Å²) in [5.41, 5.74) is 0. The summed E-state index contributed by atoms with van der Waals surface area (Å²) in [7, 11) is 0. The molecule has 0 radical (unpaired) electrons. The van der Waals surface area contributed by atoms with Gasteiger partial charge in [-0.05, 0) is 50.2 Å². The summed E-state index contributed by atoms with van der Waals surface area (Å²) in [5.74, 6) is 2.84. The van der Waals surface area contributed by atoms with Gasteiger partial charge in [-0.15, -0.1) is 0 Å². The van der Waals surface area contributed by atoms with E-state index in [4.69, 9.17) is 0 Å². The zero-order valence-electron chi connectivity index (χ0n) is 13.3. The third-order valence-corrected chi connectivity index (χ3v) is 5.44. The molecule has 2 unspecified atom stereocenters. The molecule has 112 valence electrons. The van der Waals surface area contributed by atoms with Crippen molar-refractivity contribution >= 4 is 0 Å². The molecule has 0 aromatic heterocycles. The summed E-state index contributed by atoms with van der Waals surface area (Å²) >= 11 is 0. The van der Waals surface area contributed by atoms with E-state index in [2.05, 4.69) is 31.0 Å². The van der Waals surface area contributed by atoms with Crippen LogP contribution < -0.4 is 5.32 Å². The first-order valence-electron chi connectivity index (χ1n) is 8.64. The van der Waals surface area contributed by atoms with E-state index in [1.54, 1.807) is 0 Å². The van der Waals surface area contributed by atoms with Crippen molar-refractivity contribution in [2.45, 2.75) is 65.3 Å². The number of rotatable bonds is 5. The van der Waals surface area contributed by atoms with E-state index in [-0.39, 0.29) is 0 Å². The molecule has 0 aromatic carbocycles. The van der Waals surface area contributed by atoms with Gasteiger partial charge in [0.1, 0.15) is 0 Å². The lowest BCUT2D eigenvalue weighted by Gasteiger charge is -2.38. The molecule has 2 nitrogen and oxygen atoms in total. The second kappa shape index (κ2) is 7.64. The van der Waals surface area contributed by atoms with Gasteiger partial charge in [-0.1, -0.05) is 46.5 Å². The molecule has 1 saturated heterocycles. The number of hydrogen-bond donors (Lipinski definition) is 1. The van der Waals surface area contributed by atoms with Gasteiger partial charge < -0.3 is 10.2 Å². The Kier molecular flexibility index (Phi) is 6.15. The van der Waals surface area contributed by atoms with Crippen molar-refractivity contribution in [3.05, 3.63) is 0 Å². The second-order valence-corrected chi connectivity index (χ2v) is 7.15. The molecule has 2 aliphatic rings. The molecule has 19 heavy (non-hydrogen) atoms. The van der Waals surface area contributed by atoms with Crippen LogP contribution in [0.2, 0.25) is 0 Å². The van der Waals surface area contributed by atoms with Crippen LogP contribution in [-0.4, -0.2) is 37.1 Å². The van der Waals surface area contributed by atoms with Gasteiger partial charge in [0.15, 0.2) is 0 Å². The summed E-state index contributed by atoms with van der Waals surface area (Å²) in [6, 6.07) is 0.761. The number of piperidine rings is 1. The third-order valence-electron chi connectivity index (χ3n) is 5.44. The van der Waals surface area contributed by atoms with Gasteiger partial charge in [0, 0.05) is 12.6 Å². The first-order valence-corrected chi connectivity index (χ1v) is 8.64. The number of nitrogens with one attached hydrogen (secondary N) is 1. The highest BCUT2D eigenvalue weighted by Crippen LogP contribution is 2.30. The quantitative estimate of drug-likeness (QED) is 0.819. The fraction of sp³-hybridized carbons (Fsp3) is 1.00. The number of hydrogen-bond acceptors (Lipinski definition) is 2. The normalized spacial score (nSPS) is 37.4. The Balaban J connectivity index is 1.64. The van der Waals surface area contributed by atoms with Gasteiger partial charge in [0.25, 0.3) is 0 Å². The van der Waals surface area contributed by atoms with Crippen molar-refractivity contribution < 1.29 is 0 Å². The van der Waals surface area contributed by atoms with E-state index in [1.807, 2.05) is 0 Å². The minimum atomic E-state index is 0.761. The van der Waals surface area contributed by atoms with Gasteiger partial charge in [-0.3, -0.25) is 0 Å². The fourth-order valence-corrected chi connectivity index (χ4v) is 3.98. The first-order chi connectivity index (χ1) is 9.19. The summed E-state index contributed by atoms with van der Waals surface area (Å²) in [4.78, 5) is 2.72. The van der Waals surface area contributed by atoms with Gasteiger partial charge in [0.2, 0.25) is 0 Å². The molecular weight excluding hydrogens is 232 g/mol. The van der Waals surface area contributed by atoms with Crippen LogP contribution in [0.15, 0.2) is 0 Å². The highest BCUT2D eigenvalue weighted by Gasteiger charge is 2.26. The van der Waals surface area contributed by atoms with E-state index in [1.165, 1.54) is 58.2 Å². The SMILES string of the molecule is CCNC1CCN(CCC2CCC(C)CC2)CC1C. The highest BCUT2D eigenvalue weighted by atomic mass is 15.1. The van der Waals surface area contributed by atoms with Crippen molar-refractivity contribution in [1.29, 1.82) is 0 Å². The Hall–Kier alpha value is -0.0800. The maximum Gasteiger partial charge on any atom is 0.0117 e. The standard InChI is InChI=1S/C17H34N2/c1-4-18-17-10-12-19(13-15(17)3)11-9-16-7-5-14(2)6-8-16/h14-18H,4-13H2,1-3H3. The largest absolute Gasteiger partial charge is 0.314 e. The maximum absolute atomic E-state index is 3.64. The zero-order chi connectivity index (χ0) is 13.7. The number of likely N-dealkylation sites (tertiary alicyclic amines) is 1. The smallest absolute Gasteiger partial charge is 0.0117 e. The van der Waals surface area contributed by atoms with Crippen LogP contribution in [-0.2, 0) is 0 Å². The van der Waals surface area contributed by atoms with E-state index >= 15 is 0 Å². The lowest BCUT2D eigenvalue weighted by atomic mass is 9.81. The van der Waals surface area contributed by atoms with Crippen molar-refractivity contribution in [1.82, 2.24) is 10.2 Å². The molecular formula is C17H34N2. The first kappa shape index (κ1) is 15.3. The van der Waals surface area contributed by atoms with Gasteiger partial charge in [0.05, 0.1) is 0 Å². The molecule has 0 amide bonds. The van der Waals surface area contributed by atoms with Crippen molar-refractivity contribution in [3.8, 4) is 0 Å². The van der Waals surface area contributed by atoms with E-state index in [0.29, 0.717) is 0 Å². The molecule has 1 aliphatic carbocycles. The Morgan fingerprint density at radius 1 is 1.05 bits per heavy atom. The molecule has 0 aromatic rings. The lowest BCUT2D eigenvalue weighted by Crippen LogP contribution is -2.48. The minimum absolute atomic E-state index is 0.761. The summed E-state index contributed by atoms with van der Waals surface area (Å²) < 4.78 is 0. The highest BCUT2D eigenvalue weighted by molar-refractivity contribution is 4.83. The maximum atomic E-state index is 3.64. The van der Waals surface area contributed by atoms with E-state index in [9.17, 15) is 0 Å². The van der Waals surface area contributed by atoms with Crippen LogP contribution in [0.5, 0.6) is 0 Å². The summed E-state index contributed by atoms with van der Waals surface area (Å²) in [6.07, 6.45) is 8.73. The predicted molar refractivity (Wildman–Crippen MR) is 83.4 cm³/mol. The van der Waals surface area contributed by atoms with Crippen LogP contribution in [0.25, 0.3) is 0 Å².